The first kappa shape index (κ1) is 25.8. The van der Waals surface area contributed by atoms with Crippen LogP contribution < -0.4 is 10.1 Å². The number of carbonyl (C=O) groups excluding carboxylic acids is 2. The third-order valence-corrected chi connectivity index (χ3v) is 7.18. The van der Waals surface area contributed by atoms with E-state index in [4.69, 9.17) is 13.9 Å². The summed E-state index contributed by atoms with van der Waals surface area (Å²) in [4.78, 5) is 29.4. The van der Waals surface area contributed by atoms with Gasteiger partial charge in [0.25, 0.3) is 5.91 Å². The fourth-order valence-corrected chi connectivity index (χ4v) is 5.69. The Morgan fingerprint density at radius 2 is 1.94 bits per heavy atom. The van der Waals surface area contributed by atoms with Crippen molar-refractivity contribution in [1.29, 1.82) is 0 Å². The maximum Gasteiger partial charge on any atom is 0.341 e. The topological polar surface area (TPSA) is 81.0 Å². The van der Waals surface area contributed by atoms with Crippen molar-refractivity contribution < 1.29 is 23.5 Å². The molecule has 188 valence electrons. The normalized spacial score (nSPS) is 13.1. The van der Waals surface area contributed by atoms with Crippen LogP contribution in [-0.4, -0.2) is 37.0 Å². The minimum absolute atomic E-state index is 0. The number of nitrogens with zero attached hydrogens (tertiary/aromatic N) is 1. The molecule has 0 bridgehead atoms. The van der Waals surface area contributed by atoms with Crippen LogP contribution in [0.2, 0.25) is 0 Å². The molecule has 5 rings (SSSR count). The largest absolute Gasteiger partial charge is 0.493 e. The molecular weight excluding hydrogens is 500 g/mol. The van der Waals surface area contributed by atoms with Crippen molar-refractivity contribution in [3.63, 3.8) is 0 Å². The van der Waals surface area contributed by atoms with E-state index >= 15 is 0 Å². The van der Waals surface area contributed by atoms with E-state index in [1.807, 2.05) is 30.3 Å². The first-order chi connectivity index (χ1) is 17.1. The molecule has 0 saturated heterocycles. The maximum absolute atomic E-state index is 13.1. The fourth-order valence-electron chi connectivity index (χ4n) is 4.41. The molecular formula is C27H27ClN2O5S. The summed E-state index contributed by atoms with van der Waals surface area (Å²) in [5.41, 5.74) is 3.16. The summed E-state index contributed by atoms with van der Waals surface area (Å²) in [6, 6.07) is 17.5. The van der Waals surface area contributed by atoms with Gasteiger partial charge in [-0.2, -0.15) is 0 Å². The fraction of sp³-hybridized carbons (Fsp3) is 0.259. The number of methoxy groups -OCH3 is 1. The van der Waals surface area contributed by atoms with Gasteiger partial charge < -0.3 is 19.2 Å². The van der Waals surface area contributed by atoms with Crippen molar-refractivity contribution in [3.8, 4) is 5.75 Å². The Morgan fingerprint density at radius 1 is 1.14 bits per heavy atom. The van der Waals surface area contributed by atoms with Gasteiger partial charge >= 0.3 is 5.97 Å². The van der Waals surface area contributed by atoms with Gasteiger partial charge in [-0.25, -0.2) is 4.79 Å². The molecule has 1 aliphatic heterocycles. The number of halogens is 1. The Hall–Kier alpha value is -3.33. The Morgan fingerprint density at radius 3 is 2.69 bits per heavy atom. The molecule has 0 fully saturated rings. The lowest BCUT2D eigenvalue weighted by molar-refractivity contribution is 0.0526. The van der Waals surface area contributed by atoms with Crippen molar-refractivity contribution in [2.45, 2.75) is 26.4 Å². The molecule has 7 nitrogen and oxygen atoms in total. The van der Waals surface area contributed by atoms with Crippen LogP contribution in [0.1, 0.15) is 43.8 Å². The van der Waals surface area contributed by atoms with Crippen LogP contribution in [0.5, 0.6) is 5.75 Å². The van der Waals surface area contributed by atoms with Gasteiger partial charge in [-0.3, -0.25) is 9.69 Å². The van der Waals surface area contributed by atoms with Gasteiger partial charge in [-0.1, -0.05) is 42.5 Å². The molecule has 0 spiro atoms. The number of ether oxygens (including phenoxy) is 2. The Bertz CT molecular complexity index is 1380. The maximum atomic E-state index is 13.1. The molecule has 0 atom stereocenters. The van der Waals surface area contributed by atoms with Gasteiger partial charge in [0.2, 0.25) is 0 Å². The number of amides is 1. The highest BCUT2D eigenvalue weighted by Crippen LogP contribution is 2.38. The van der Waals surface area contributed by atoms with Gasteiger partial charge in [-0.05, 0) is 36.6 Å². The Balaban J connectivity index is 0.00000304. The number of furan rings is 1. The highest BCUT2D eigenvalue weighted by atomic mass is 35.5. The standard InChI is InChI=1S/C27H26N2O5S.ClH/c1-3-33-27(31)23-19-12-13-29(15-17-8-5-4-6-9-17)16-22(19)35-26(23)28-25(30)21-14-18-10-7-11-20(32-2)24(18)34-21;/h4-11,14H,3,12-13,15-16H2,1-2H3,(H,28,30);1H. The van der Waals surface area contributed by atoms with Crippen LogP contribution >= 0.6 is 23.7 Å². The van der Waals surface area contributed by atoms with Crippen LogP contribution in [0.15, 0.2) is 59.0 Å². The van der Waals surface area contributed by atoms with Crippen LogP contribution in [0.3, 0.4) is 0 Å². The Kier molecular flexibility index (Phi) is 7.98. The van der Waals surface area contributed by atoms with E-state index in [1.54, 1.807) is 26.2 Å². The lowest BCUT2D eigenvalue weighted by atomic mass is 10.0. The first-order valence-electron chi connectivity index (χ1n) is 11.5. The average molecular weight is 527 g/mol. The predicted octanol–water partition coefficient (Wildman–Crippen LogP) is 5.91. The molecule has 0 aliphatic carbocycles. The highest BCUT2D eigenvalue weighted by Gasteiger charge is 2.30. The summed E-state index contributed by atoms with van der Waals surface area (Å²) in [6.07, 6.45) is 0.713. The minimum atomic E-state index is -0.423. The van der Waals surface area contributed by atoms with E-state index < -0.39 is 11.9 Å². The second-order valence-corrected chi connectivity index (χ2v) is 9.42. The molecule has 36 heavy (non-hydrogen) atoms. The van der Waals surface area contributed by atoms with E-state index in [0.717, 1.165) is 28.9 Å². The van der Waals surface area contributed by atoms with Gasteiger partial charge in [-0.15, -0.1) is 23.7 Å². The first-order valence-corrected chi connectivity index (χ1v) is 12.3. The third kappa shape index (κ3) is 5.11. The molecule has 2 aromatic heterocycles. The predicted molar refractivity (Wildman–Crippen MR) is 143 cm³/mol. The lowest BCUT2D eigenvalue weighted by Gasteiger charge is -2.27. The second kappa shape index (κ2) is 11.2. The molecule has 0 unspecified atom stereocenters. The molecule has 1 aliphatic rings. The minimum Gasteiger partial charge on any atom is -0.493 e. The molecule has 2 aromatic carbocycles. The number of rotatable bonds is 7. The number of benzene rings is 2. The SMILES string of the molecule is CCOC(=O)c1c(NC(=O)c2cc3cccc(OC)c3o2)sc2c1CCN(Cc1ccccc1)C2.Cl. The van der Waals surface area contributed by atoms with Crippen molar-refractivity contribution in [2.75, 3.05) is 25.6 Å². The van der Waals surface area contributed by atoms with E-state index in [-0.39, 0.29) is 24.8 Å². The smallest absolute Gasteiger partial charge is 0.341 e. The van der Waals surface area contributed by atoms with E-state index in [2.05, 4.69) is 22.3 Å². The third-order valence-electron chi connectivity index (χ3n) is 6.04. The molecule has 1 amide bonds. The van der Waals surface area contributed by atoms with Crippen LogP contribution in [0.4, 0.5) is 5.00 Å². The number of fused-ring (bicyclic) bond motifs is 2. The number of para-hydroxylation sites is 1. The summed E-state index contributed by atoms with van der Waals surface area (Å²) in [5.74, 6) is -0.133. The number of thiophene rings is 1. The van der Waals surface area contributed by atoms with Crippen molar-refractivity contribution in [3.05, 3.63) is 81.9 Å². The number of hydrogen-bond donors (Lipinski definition) is 1. The van der Waals surface area contributed by atoms with Crippen LogP contribution in [0.25, 0.3) is 11.0 Å². The number of hydrogen-bond acceptors (Lipinski definition) is 7. The number of esters is 1. The highest BCUT2D eigenvalue weighted by molar-refractivity contribution is 7.17. The number of anilines is 1. The molecule has 0 saturated carbocycles. The average Bonchev–Trinajstić information content (AvgIpc) is 3.46. The number of carbonyl (C=O) groups is 2. The van der Waals surface area contributed by atoms with Crippen molar-refractivity contribution in [1.82, 2.24) is 4.90 Å². The van der Waals surface area contributed by atoms with Crippen LogP contribution in [0, 0.1) is 0 Å². The molecule has 9 heteroatoms. The van der Waals surface area contributed by atoms with Gasteiger partial charge in [0.05, 0.1) is 19.3 Å². The van der Waals surface area contributed by atoms with E-state index in [9.17, 15) is 9.59 Å². The van der Waals surface area contributed by atoms with Gasteiger partial charge in [0, 0.05) is 29.9 Å². The van der Waals surface area contributed by atoms with E-state index in [1.165, 1.54) is 16.9 Å². The monoisotopic (exact) mass is 526 g/mol. The Labute approximate surface area is 219 Å². The van der Waals surface area contributed by atoms with Gasteiger partial charge in [0.15, 0.2) is 17.1 Å². The zero-order valence-electron chi connectivity index (χ0n) is 20.0. The quantitative estimate of drug-likeness (QED) is 0.301. The zero-order chi connectivity index (χ0) is 24.4. The molecule has 0 radical (unpaired) electrons. The van der Waals surface area contributed by atoms with E-state index in [0.29, 0.717) is 34.9 Å². The number of nitrogens with one attached hydrogen (secondary N) is 1. The zero-order valence-corrected chi connectivity index (χ0v) is 21.7. The molecule has 4 aromatic rings. The lowest BCUT2D eigenvalue weighted by Crippen LogP contribution is -2.29. The summed E-state index contributed by atoms with van der Waals surface area (Å²) >= 11 is 1.43. The second-order valence-electron chi connectivity index (χ2n) is 8.32. The van der Waals surface area contributed by atoms with Crippen LogP contribution in [-0.2, 0) is 24.2 Å². The van der Waals surface area contributed by atoms with Crippen molar-refractivity contribution >= 4 is 51.6 Å². The molecule has 3 heterocycles. The summed E-state index contributed by atoms with van der Waals surface area (Å²) < 4.78 is 16.5. The van der Waals surface area contributed by atoms with Crippen molar-refractivity contribution in [2.24, 2.45) is 0 Å². The molecule has 1 N–H and O–H groups in total. The summed E-state index contributed by atoms with van der Waals surface area (Å²) in [6.45, 7) is 4.40. The summed E-state index contributed by atoms with van der Waals surface area (Å²) in [5, 5.41) is 4.17. The van der Waals surface area contributed by atoms with Gasteiger partial charge in [0.1, 0.15) is 5.00 Å². The summed E-state index contributed by atoms with van der Waals surface area (Å²) in [7, 11) is 1.56.